The van der Waals surface area contributed by atoms with E-state index in [2.05, 4.69) is 4.18 Å². The Labute approximate surface area is 114 Å². The maximum absolute atomic E-state index is 11.6. The van der Waals surface area contributed by atoms with Gasteiger partial charge in [-0.2, -0.15) is 8.42 Å². The molecule has 1 rings (SSSR count). The van der Waals surface area contributed by atoms with E-state index < -0.39 is 10.1 Å². The van der Waals surface area contributed by atoms with Gasteiger partial charge in [-0.1, -0.05) is 30.3 Å². The Balaban J connectivity index is 2.09. The summed E-state index contributed by atoms with van der Waals surface area (Å²) in [5, 5.41) is 0. The zero-order valence-corrected chi connectivity index (χ0v) is 12.0. The van der Waals surface area contributed by atoms with Crippen LogP contribution in [-0.4, -0.2) is 27.1 Å². The van der Waals surface area contributed by atoms with E-state index in [-0.39, 0.29) is 12.4 Å². The van der Waals surface area contributed by atoms with E-state index >= 15 is 0 Å². The summed E-state index contributed by atoms with van der Waals surface area (Å²) < 4.78 is 26.0. The second kappa shape index (κ2) is 8.07. The monoisotopic (exact) mass is 284 g/mol. The molecule has 4 nitrogen and oxygen atoms in total. The number of hydrogen-bond acceptors (Lipinski definition) is 4. The van der Waals surface area contributed by atoms with Crippen molar-refractivity contribution in [2.45, 2.75) is 32.1 Å². The Hall–Kier alpha value is -1.20. The van der Waals surface area contributed by atoms with E-state index in [0.717, 1.165) is 18.2 Å². The van der Waals surface area contributed by atoms with Crippen LogP contribution in [0.1, 0.15) is 31.2 Å². The number of benzene rings is 1. The van der Waals surface area contributed by atoms with Gasteiger partial charge < -0.3 is 0 Å². The average molecular weight is 284 g/mol. The van der Waals surface area contributed by atoms with Crippen LogP contribution in [0.2, 0.25) is 0 Å². The topological polar surface area (TPSA) is 60.4 Å². The predicted molar refractivity (Wildman–Crippen MR) is 74.4 cm³/mol. The van der Waals surface area contributed by atoms with Crippen molar-refractivity contribution >= 4 is 15.9 Å². The highest BCUT2D eigenvalue weighted by Crippen LogP contribution is 2.06. The van der Waals surface area contributed by atoms with Crippen molar-refractivity contribution in [3.05, 3.63) is 35.9 Å². The number of ketones is 1. The number of carbonyl (C=O) groups excluding carboxylic acids is 1. The molecule has 0 aliphatic rings. The van der Waals surface area contributed by atoms with E-state index in [9.17, 15) is 13.2 Å². The minimum atomic E-state index is -3.36. The Morgan fingerprint density at radius 3 is 2.42 bits per heavy atom. The fourth-order valence-corrected chi connectivity index (χ4v) is 2.11. The van der Waals surface area contributed by atoms with E-state index in [1.165, 1.54) is 0 Å². The van der Waals surface area contributed by atoms with Gasteiger partial charge in [-0.05, 0) is 24.8 Å². The van der Waals surface area contributed by atoms with Crippen LogP contribution in [-0.2, 0) is 25.5 Å². The molecule has 0 N–H and O–H groups in total. The molecule has 1 aromatic carbocycles. The van der Waals surface area contributed by atoms with E-state index in [0.29, 0.717) is 25.7 Å². The first-order chi connectivity index (χ1) is 8.97. The number of rotatable bonds is 9. The molecule has 0 saturated heterocycles. The normalized spacial score (nSPS) is 11.4. The zero-order chi connectivity index (χ0) is 14.1. The van der Waals surface area contributed by atoms with Crippen molar-refractivity contribution in [1.29, 1.82) is 0 Å². The van der Waals surface area contributed by atoms with Gasteiger partial charge in [-0.25, -0.2) is 0 Å². The lowest BCUT2D eigenvalue weighted by atomic mass is 10.0. The zero-order valence-electron chi connectivity index (χ0n) is 11.2. The molecule has 0 bridgehead atoms. The first-order valence-electron chi connectivity index (χ1n) is 6.37. The molecule has 19 heavy (non-hydrogen) atoms. The standard InChI is InChI=1S/C14H20O4S/c1-19(16,17)18-12-6-5-9-14(15)11-10-13-7-3-2-4-8-13/h2-4,7-8H,5-6,9-12H2,1H3. The summed E-state index contributed by atoms with van der Waals surface area (Å²) >= 11 is 0. The third kappa shape index (κ3) is 8.51. The molecule has 0 amide bonds. The van der Waals surface area contributed by atoms with Crippen LogP contribution >= 0.6 is 0 Å². The summed E-state index contributed by atoms with van der Waals surface area (Å²) in [7, 11) is -3.36. The van der Waals surface area contributed by atoms with Gasteiger partial charge in [-0.3, -0.25) is 8.98 Å². The summed E-state index contributed by atoms with van der Waals surface area (Å²) in [6.45, 7) is 0.158. The first kappa shape index (κ1) is 15.9. The summed E-state index contributed by atoms with van der Waals surface area (Å²) in [5.74, 6) is 0.211. The van der Waals surface area contributed by atoms with Gasteiger partial charge in [0.2, 0.25) is 0 Å². The third-order valence-electron chi connectivity index (χ3n) is 2.68. The molecule has 0 aliphatic carbocycles. The molecule has 1 aromatic rings. The number of hydrogen-bond donors (Lipinski definition) is 0. The molecule has 0 spiro atoms. The number of carbonyl (C=O) groups is 1. The fraction of sp³-hybridized carbons (Fsp3) is 0.500. The van der Waals surface area contributed by atoms with Gasteiger partial charge >= 0.3 is 0 Å². The predicted octanol–water partition coefficient (Wildman–Crippen LogP) is 2.33. The van der Waals surface area contributed by atoms with Crippen molar-refractivity contribution in [2.75, 3.05) is 12.9 Å². The van der Waals surface area contributed by atoms with Crippen LogP contribution in [0.3, 0.4) is 0 Å². The summed E-state index contributed by atoms with van der Waals surface area (Å²) in [4.78, 5) is 11.6. The average Bonchev–Trinajstić information content (AvgIpc) is 2.36. The molecular weight excluding hydrogens is 264 g/mol. The van der Waals surface area contributed by atoms with Crippen LogP contribution in [0.15, 0.2) is 30.3 Å². The molecule has 0 aliphatic heterocycles. The molecule has 0 fully saturated rings. The van der Waals surface area contributed by atoms with Crippen molar-refractivity contribution in [3.8, 4) is 0 Å². The fourth-order valence-electron chi connectivity index (χ4n) is 1.69. The van der Waals surface area contributed by atoms with Crippen LogP contribution < -0.4 is 0 Å². The number of unbranched alkanes of at least 4 members (excludes halogenated alkanes) is 1. The molecule has 0 saturated carbocycles. The summed E-state index contributed by atoms with van der Waals surface area (Å²) in [5.41, 5.74) is 1.16. The molecule has 0 atom stereocenters. The van der Waals surface area contributed by atoms with E-state index in [1.807, 2.05) is 30.3 Å². The van der Waals surface area contributed by atoms with E-state index in [4.69, 9.17) is 0 Å². The highest BCUT2D eigenvalue weighted by molar-refractivity contribution is 7.85. The lowest BCUT2D eigenvalue weighted by Crippen LogP contribution is -2.05. The maximum atomic E-state index is 11.6. The highest BCUT2D eigenvalue weighted by Gasteiger charge is 2.04. The largest absolute Gasteiger partial charge is 0.300 e. The van der Waals surface area contributed by atoms with Gasteiger partial charge in [0.1, 0.15) is 5.78 Å². The number of aryl methyl sites for hydroxylation is 1. The summed E-state index contributed by atoms with van der Waals surface area (Å²) in [6, 6.07) is 9.89. The maximum Gasteiger partial charge on any atom is 0.264 e. The third-order valence-corrected chi connectivity index (χ3v) is 3.28. The van der Waals surface area contributed by atoms with Crippen molar-refractivity contribution in [2.24, 2.45) is 0 Å². The first-order valence-corrected chi connectivity index (χ1v) is 8.19. The molecule has 0 radical (unpaired) electrons. The Morgan fingerprint density at radius 1 is 1.11 bits per heavy atom. The lowest BCUT2D eigenvalue weighted by Gasteiger charge is -2.02. The van der Waals surface area contributed by atoms with Gasteiger partial charge in [0.15, 0.2) is 0 Å². The molecule has 0 unspecified atom stereocenters. The SMILES string of the molecule is CS(=O)(=O)OCCCCC(=O)CCc1ccccc1. The summed E-state index contributed by atoms with van der Waals surface area (Å²) in [6.07, 6.45) is 4.07. The smallest absolute Gasteiger partial charge is 0.264 e. The van der Waals surface area contributed by atoms with Crippen molar-refractivity contribution in [1.82, 2.24) is 0 Å². The minimum absolute atomic E-state index is 0.158. The molecular formula is C14H20O4S. The van der Waals surface area contributed by atoms with Crippen molar-refractivity contribution in [3.63, 3.8) is 0 Å². The van der Waals surface area contributed by atoms with Gasteiger partial charge in [0.05, 0.1) is 12.9 Å². The van der Waals surface area contributed by atoms with Gasteiger partial charge in [-0.15, -0.1) is 0 Å². The minimum Gasteiger partial charge on any atom is -0.300 e. The van der Waals surface area contributed by atoms with Crippen LogP contribution in [0.4, 0.5) is 0 Å². The van der Waals surface area contributed by atoms with Crippen LogP contribution in [0, 0.1) is 0 Å². The van der Waals surface area contributed by atoms with Crippen LogP contribution in [0.5, 0.6) is 0 Å². The second-order valence-corrected chi connectivity index (χ2v) is 6.15. The molecule has 5 heteroatoms. The lowest BCUT2D eigenvalue weighted by molar-refractivity contribution is -0.119. The second-order valence-electron chi connectivity index (χ2n) is 4.51. The quantitative estimate of drug-likeness (QED) is 0.516. The number of Topliss-reactive ketones (excluding diaryl/α,β-unsaturated/α-hetero) is 1. The molecule has 0 aromatic heterocycles. The molecule has 0 heterocycles. The van der Waals surface area contributed by atoms with Gasteiger partial charge in [0, 0.05) is 12.8 Å². The van der Waals surface area contributed by atoms with E-state index in [1.54, 1.807) is 0 Å². The highest BCUT2D eigenvalue weighted by atomic mass is 32.2. The van der Waals surface area contributed by atoms with Crippen LogP contribution in [0.25, 0.3) is 0 Å². The Morgan fingerprint density at radius 2 is 1.79 bits per heavy atom. The van der Waals surface area contributed by atoms with Gasteiger partial charge in [0.25, 0.3) is 10.1 Å². The molecule has 106 valence electrons. The van der Waals surface area contributed by atoms with Crippen molar-refractivity contribution < 1.29 is 17.4 Å². The Kier molecular flexibility index (Phi) is 6.73. The Bertz CT molecular complexity index is 479.